The van der Waals surface area contributed by atoms with Gasteiger partial charge in [-0.3, -0.25) is 4.98 Å². The number of halogens is 1. The maximum atomic E-state index is 14.7. The number of hydrogen-bond acceptors (Lipinski definition) is 2. The Morgan fingerprint density at radius 3 is 2.23 bits per heavy atom. The van der Waals surface area contributed by atoms with Crippen LogP contribution in [-0.4, -0.2) is 11.6 Å². The molecule has 0 bridgehead atoms. The van der Waals surface area contributed by atoms with Crippen LogP contribution in [-0.2, 0) is 6.42 Å². The van der Waals surface area contributed by atoms with Gasteiger partial charge in [-0.2, -0.15) is 0 Å². The van der Waals surface area contributed by atoms with E-state index in [2.05, 4.69) is 18.8 Å². The third-order valence-electron chi connectivity index (χ3n) is 5.35. The Morgan fingerprint density at radius 1 is 0.800 bits per heavy atom. The molecule has 3 rings (SSSR count). The van der Waals surface area contributed by atoms with Gasteiger partial charge in [-0.25, -0.2) is 4.39 Å². The zero-order valence-electron chi connectivity index (χ0n) is 18.2. The second-order valence-corrected chi connectivity index (χ2v) is 7.78. The summed E-state index contributed by atoms with van der Waals surface area (Å²) in [7, 11) is 0. The summed E-state index contributed by atoms with van der Waals surface area (Å²) in [5, 5.41) is 0. The van der Waals surface area contributed by atoms with E-state index < -0.39 is 0 Å². The lowest BCUT2D eigenvalue weighted by Crippen LogP contribution is -1.96. The number of unbranched alkanes of at least 4 members (excludes halogenated alkanes) is 4. The molecule has 0 fully saturated rings. The van der Waals surface area contributed by atoms with Crippen LogP contribution < -0.4 is 4.74 Å². The van der Waals surface area contributed by atoms with Crippen molar-refractivity contribution in [1.29, 1.82) is 0 Å². The van der Waals surface area contributed by atoms with Gasteiger partial charge in [0.2, 0.25) is 0 Å². The maximum absolute atomic E-state index is 14.7. The molecule has 0 N–H and O–H groups in total. The van der Waals surface area contributed by atoms with Gasteiger partial charge in [-0.15, -0.1) is 0 Å². The first-order valence-electron chi connectivity index (χ1n) is 11.2. The third-order valence-corrected chi connectivity index (χ3v) is 5.35. The van der Waals surface area contributed by atoms with Crippen molar-refractivity contribution in [1.82, 2.24) is 4.98 Å². The Labute approximate surface area is 180 Å². The molecule has 1 heterocycles. The van der Waals surface area contributed by atoms with Crippen molar-refractivity contribution < 1.29 is 9.13 Å². The van der Waals surface area contributed by atoms with E-state index in [1.54, 1.807) is 12.3 Å². The molecule has 0 saturated carbocycles. The van der Waals surface area contributed by atoms with Gasteiger partial charge in [0.25, 0.3) is 0 Å². The highest BCUT2D eigenvalue weighted by atomic mass is 19.1. The van der Waals surface area contributed by atoms with Crippen LogP contribution in [0.3, 0.4) is 0 Å². The minimum Gasteiger partial charge on any atom is -0.494 e. The van der Waals surface area contributed by atoms with Crippen molar-refractivity contribution >= 4 is 0 Å². The minimum atomic E-state index is -0.197. The van der Waals surface area contributed by atoms with E-state index >= 15 is 0 Å². The fraction of sp³-hybridized carbons (Fsp3) is 0.370. The topological polar surface area (TPSA) is 22.1 Å². The van der Waals surface area contributed by atoms with Gasteiger partial charge in [0.15, 0.2) is 0 Å². The van der Waals surface area contributed by atoms with Crippen molar-refractivity contribution in [3.63, 3.8) is 0 Å². The fourth-order valence-corrected chi connectivity index (χ4v) is 3.48. The molecule has 0 amide bonds. The normalized spacial score (nSPS) is 10.9. The van der Waals surface area contributed by atoms with E-state index in [0.717, 1.165) is 54.7 Å². The van der Waals surface area contributed by atoms with Crippen molar-refractivity contribution in [3.8, 4) is 28.1 Å². The fourth-order valence-electron chi connectivity index (χ4n) is 3.48. The Hall–Kier alpha value is -2.68. The van der Waals surface area contributed by atoms with Crippen LogP contribution in [0.5, 0.6) is 5.75 Å². The molecule has 0 aliphatic heterocycles. The van der Waals surface area contributed by atoms with Crippen LogP contribution in [0.2, 0.25) is 0 Å². The zero-order valence-corrected chi connectivity index (χ0v) is 18.2. The van der Waals surface area contributed by atoms with Gasteiger partial charge in [-0.05, 0) is 60.7 Å². The molecule has 0 aliphatic carbocycles. The summed E-state index contributed by atoms with van der Waals surface area (Å²) in [4.78, 5) is 4.51. The largest absolute Gasteiger partial charge is 0.494 e. The second-order valence-electron chi connectivity index (χ2n) is 7.78. The monoisotopic (exact) mass is 405 g/mol. The maximum Gasteiger partial charge on any atom is 0.132 e. The number of aromatic nitrogens is 1. The Morgan fingerprint density at radius 2 is 1.57 bits per heavy atom. The highest BCUT2D eigenvalue weighted by Gasteiger charge is 2.08. The van der Waals surface area contributed by atoms with Crippen molar-refractivity contribution in [2.75, 3.05) is 6.61 Å². The molecule has 2 nitrogen and oxygen atoms in total. The number of hydrogen-bond donors (Lipinski definition) is 0. The Bertz CT molecular complexity index is 903. The lowest BCUT2D eigenvalue weighted by Gasteiger charge is -2.09. The summed E-state index contributed by atoms with van der Waals surface area (Å²) >= 11 is 0. The van der Waals surface area contributed by atoms with Crippen molar-refractivity contribution in [2.45, 2.75) is 58.8 Å². The molecular formula is C27H32FNO. The lowest BCUT2D eigenvalue weighted by atomic mass is 10.0. The number of aryl methyl sites for hydroxylation is 1. The summed E-state index contributed by atoms with van der Waals surface area (Å²) in [5.41, 5.74) is 4.35. The standard InChI is InChI=1S/C27H32FNO/c1-3-5-7-8-9-21-10-16-25(26(28)19-21)27-17-13-23(20-29-27)22-11-14-24(15-12-22)30-18-6-4-2/h10-17,19-20H,3-9,18H2,1-2H3. The summed E-state index contributed by atoms with van der Waals surface area (Å²) in [5.74, 6) is 0.686. The van der Waals surface area contributed by atoms with Crippen LogP contribution in [0.25, 0.3) is 22.4 Å². The first-order chi connectivity index (χ1) is 14.7. The van der Waals surface area contributed by atoms with E-state index in [9.17, 15) is 4.39 Å². The summed E-state index contributed by atoms with van der Waals surface area (Å²) < 4.78 is 20.4. The predicted molar refractivity (Wildman–Crippen MR) is 123 cm³/mol. The molecule has 0 atom stereocenters. The third kappa shape index (κ3) is 6.16. The van der Waals surface area contributed by atoms with E-state index in [0.29, 0.717) is 11.3 Å². The predicted octanol–water partition coefficient (Wildman–Crippen LogP) is 7.86. The average molecular weight is 406 g/mol. The first kappa shape index (κ1) is 22.0. The van der Waals surface area contributed by atoms with E-state index in [1.165, 1.54) is 19.3 Å². The highest BCUT2D eigenvalue weighted by Crippen LogP contribution is 2.26. The van der Waals surface area contributed by atoms with Crippen LogP contribution in [0, 0.1) is 5.82 Å². The molecule has 0 saturated heterocycles. The van der Waals surface area contributed by atoms with E-state index in [1.807, 2.05) is 48.5 Å². The molecule has 1 aromatic heterocycles. The lowest BCUT2D eigenvalue weighted by molar-refractivity contribution is 0.309. The van der Waals surface area contributed by atoms with Crippen LogP contribution >= 0.6 is 0 Å². The SMILES string of the molecule is CCCCCCc1ccc(-c2ccc(-c3ccc(OCCCC)cc3)cn2)c(F)c1. The summed E-state index contributed by atoms with van der Waals surface area (Å²) in [6.07, 6.45) is 9.69. The molecule has 3 aromatic rings. The van der Waals surface area contributed by atoms with Crippen molar-refractivity contribution in [2.24, 2.45) is 0 Å². The zero-order chi connectivity index (χ0) is 21.2. The summed E-state index contributed by atoms with van der Waals surface area (Å²) in [6.45, 7) is 5.10. The first-order valence-corrected chi connectivity index (χ1v) is 11.2. The molecule has 3 heteroatoms. The number of rotatable bonds is 11. The smallest absolute Gasteiger partial charge is 0.132 e. The highest BCUT2D eigenvalue weighted by molar-refractivity contribution is 5.67. The molecule has 0 radical (unpaired) electrons. The minimum absolute atomic E-state index is 0.197. The van der Waals surface area contributed by atoms with E-state index in [4.69, 9.17) is 4.74 Å². The van der Waals surface area contributed by atoms with Gasteiger partial charge in [-0.1, -0.05) is 63.8 Å². The van der Waals surface area contributed by atoms with Crippen LogP contribution in [0.1, 0.15) is 57.9 Å². The van der Waals surface area contributed by atoms with Crippen LogP contribution in [0.15, 0.2) is 60.8 Å². The quantitative estimate of drug-likeness (QED) is 0.303. The second kappa shape index (κ2) is 11.5. The number of pyridine rings is 1. The van der Waals surface area contributed by atoms with Gasteiger partial charge in [0.1, 0.15) is 11.6 Å². The van der Waals surface area contributed by atoms with Gasteiger partial charge in [0.05, 0.1) is 12.3 Å². The Kier molecular flexibility index (Phi) is 8.43. The molecule has 0 unspecified atom stereocenters. The molecular weight excluding hydrogens is 373 g/mol. The summed E-state index contributed by atoms with van der Waals surface area (Å²) in [6, 6.07) is 17.5. The van der Waals surface area contributed by atoms with Crippen molar-refractivity contribution in [3.05, 3.63) is 72.2 Å². The molecule has 30 heavy (non-hydrogen) atoms. The van der Waals surface area contributed by atoms with Crippen LogP contribution in [0.4, 0.5) is 4.39 Å². The molecule has 0 aliphatic rings. The number of nitrogens with zero attached hydrogens (tertiary/aromatic N) is 1. The molecule has 2 aromatic carbocycles. The van der Waals surface area contributed by atoms with Gasteiger partial charge < -0.3 is 4.74 Å². The van der Waals surface area contributed by atoms with Gasteiger partial charge in [0, 0.05) is 17.3 Å². The number of ether oxygens (including phenoxy) is 1. The average Bonchev–Trinajstić information content (AvgIpc) is 2.78. The molecule has 158 valence electrons. The number of benzene rings is 2. The van der Waals surface area contributed by atoms with E-state index in [-0.39, 0.29) is 5.82 Å². The van der Waals surface area contributed by atoms with Gasteiger partial charge >= 0.3 is 0 Å². The Balaban J connectivity index is 1.65. The molecule has 0 spiro atoms.